The summed E-state index contributed by atoms with van der Waals surface area (Å²) in [6.07, 6.45) is 0. The molecule has 0 aliphatic heterocycles. The molecule has 0 amide bonds. The number of methoxy groups -OCH3 is 1. The second kappa shape index (κ2) is 4.66. The van der Waals surface area contributed by atoms with Crippen molar-refractivity contribution in [3.63, 3.8) is 0 Å². The van der Waals surface area contributed by atoms with E-state index in [0.29, 0.717) is 13.2 Å². The number of hydrogen-bond acceptors (Lipinski definition) is 2. The van der Waals surface area contributed by atoms with Gasteiger partial charge in [0.1, 0.15) is 0 Å². The zero-order valence-electron chi connectivity index (χ0n) is 7.39. The van der Waals surface area contributed by atoms with E-state index in [1.807, 2.05) is 0 Å². The molecule has 0 atom stereocenters. The first-order chi connectivity index (χ1) is 4.56. The molecule has 0 unspecified atom stereocenters. The average molecular weight is 148 g/mol. The molecule has 3 heteroatoms. The molecule has 0 aromatic carbocycles. The van der Waals surface area contributed by atoms with Crippen molar-refractivity contribution in [3.8, 4) is 0 Å². The first kappa shape index (κ1) is 9.88. The molecular weight excluding hydrogens is 130 g/mol. The Labute approximate surface area is 63.1 Å². The van der Waals surface area contributed by atoms with Crippen molar-refractivity contribution >= 4 is 0 Å². The maximum absolute atomic E-state index is 5.29. The normalized spacial score (nSPS) is 12.0. The zero-order chi connectivity index (χ0) is 8.04. The monoisotopic (exact) mass is 148 g/mol. The van der Waals surface area contributed by atoms with Crippen molar-refractivity contribution in [2.45, 2.75) is 0 Å². The molecule has 0 aliphatic rings. The van der Waals surface area contributed by atoms with Crippen LogP contribution >= 0.6 is 0 Å². The van der Waals surface area contributed by atoms with E-state index in [4.69, 9.17) is 9.47 Å². The summed E-state index contributed by atoms with van der Waals surface area (Å²) < 4.78 is 10.9. The summed E-state index contributed by atoms with van der Waals surface area (Å²) >= 11 is 0. The highest BCUT2D eigenvalue weighted by atomic mass is 16.5. The van der Waals surface area contributed by atoms with E-state index in [1.165, 1.54) is 0 Å². The Hall–Kier alpha value is -0.120. The fraction of sp³-hybridized carbons (Fsp3) is 1.00. The first-order valence-corrected chi connectivity index (χ1v) is 3.43. The van der Waals surface area contributed by atoms with Gasteiger partial charge >= 0.3 is 0 Å². The SMILES string of the molecule is COCCOC[N+](C)(C)C. The molecule has 0 spiro atoms. The minimum absolute atomic E-state index is 0.681. The number of hydrogen-bond donors (Lipinski definition) is 0. The summed E-state index contributed by atoms with van der Waals surface area (Å²) in [4.78, 5) is 0. The molecule has 0 heterocycles. The first-order valence-electron chi connectivity index (χ1n) is 3.43. The van der Waals surface area contributed by atoms with Crippen LogP contribution in [0.2, 0.25) is 0 Å². The number of quaternary nitrogens is 1. The summed E-state index contributed by atoms with van der Waals surface area (Å²) in [5.41, 5.74) is 0. The molecule has 0 rings (SSSR count). The Morgan fingerprint density at radius 1 is 1.10 bits per heavy atom. The Morgan fingerprint density at radius 2 is 1.70 bits per heavy atom. The van der Waals surface area contributed by atoms with Crippen molar-refractivity contribution in [2.75, 3.05) is 48.2 Å². The molecule has 0 saturated heterocycles. The predicted molar refractivity (Wildman–Crippen MR) is 40.7 cm³/mol. The molecule has 0 fully saturated rings. The molecule has 0 radical (unpaired) electrons. The molecule has 10 heavy (non-hydrogen) atoms. The van der Waals surface area contributed by atoms with Crippen molar-refractivity contribution in [1.82, 2.24) is 0 Å². The van der Waals surface area contributed by atoms with E-state index in [0.717, 1.165) is 11.2 Å². The highest BCUT2D eigenvalue weighted by Crippen LogP contribution is 1.89. The molecular formula is C7H18NO2+. The number of rotatable bonds is 5. The van der Waals surface area contributed by atoms with E-state index < -0.39 is 0 Å². The van der Waals surface area contributed by atoms with Crippen molar-refractivity contribution in [3.05, 3.63) is 0 Å². The molecule has 0 bridgehead atoms. The maximum Gasteiger partial charge on any atom is 0.182 e. The highest BCUT2D eigenvalue weighted by Gasteiger charge is 2.04. The molecule has 0 aromatic heterocycles. The van der Waals surface area contributed by atoms with Gasteiger partial charge in [0.05, 0.1) is 34.4 Å². The Bertz CT molecular complexity index is 78.2. The molecule has 62 valence electrons. The lowest BCUT2D eigenvalue weighted by atomic mass is 10.7. The van der Waals surface area contributed by atoms with E-state index in [9.17, 15) is 0 Å². The van der Waals surface area contributed by atoms with Gasteiger partial charge in [-0.1, -0.05) is 0 Å². The van der Waals surface area contributed by atoms with Gasteiger partial charge < -0.3 is 14.0 Å². The molecule has 3 nitrogen and oxygen atoms in total. The maximum atomic E-state index is 5.29. The van der Waals surface area contributed by atoms with E-state index >= 15 is 0 Å². The lowest BCUT2D eigenvalue weighted by Gasteiger charge is -2.22. The standard InChI is InChI=1S/C7H18NO2/c1-8(2,3)7-10-6-5-9-4/h5-7H2,1-4H3/q+1. The zero-order valence-corrected chi connectivity index (χ0v) is 7.39. The molecule has 0 aliphatic carbocycles. The molecule has 0 aromatic rings. The van der Waals surface area contributed by atoms with Crippen molar-refractivity contribution < 1.29 is 14.0 Å². The van der Waals surface area contributed by atoms with Crippen LogP contribution in [0.4, 0.5) is 0 Å². The molecule has 0 N–H and O–H groups in total. The van der Waals surface area contributed by atoms with Crippen LogP contribution in [-0.4, -0.2) is 52.7 Å². The van der Waals surface area contributed by atoms with Crippen LogP contribution in [-0.2, 0) is 9.47 Å². The second-order valence-corrected chi connectivity index (χ2v) is 3.32. The minimum atomic E-state index is 0.681. The minimum Gasteiger partial charge on any atom is -0.382 e. The fourth-order valence-corrected chi connectivity index (χ4v) is 0.481. The van der Waals surface area contributed by atoms with Crippen LogP contribution in [0.25, 0.3) is 0 Å². The quantitative estimate of drug-likeness (QED) is 0.317. The smallest absolute Gasteiger partial charge is 0.182 e. The third kappa shape index (κ3) is 7.88. The van der Waals surface area contributed by atoms with E-state index in [-0.39, 0.29) is 0 Å². The van der Waals surface area contributed by atoms with Gasteiger partial charge in [0.25, 0.3) is 0 Å². The lowest BCUT2D eigenvalue weighted by molar-refractivity contribution is -0.890. The van der Waals surface area contributed by atoms with Gasteiger partial charge in [-0.3, -0.25) is 0 Å². The second-order valence-electron chi connectivity index (χ2n) is 3.32. The van der Waals surface area contributed by atoms with Gasteiger partial charge in [-0.15, -0.1) is 0 Å². The summed E-state index contributed by atoms with van der Waals surface area (Å²) in [6.45, 7) is 2.11. The van der Waals surface area contributed by atoms with Crippen molar-refractivity contribution in [1.29, 1.82) is 0 Å². The number of nitrogens with zero attached hydrogens (tertiary/aromatic N) is 1. The van der Waals surface area contributed by atoms with Crippen LogP contribution < -0.4 is 0 Å². The Kier molecular flexibility index (Phi) is 4.60. The van der Waals surface area contributed by atoms with Crippen LogP contribution in [0.5, 0.6) is 0 Å². The van der Waals surface area contributed by atoms with Gasteiger partial charge in [-0.25, -0.2) is 0 Å². The molecule has 0 saturated carbocycles. The number of ether oxygens (including phenoxy) is 2. The van der Waals surface area contributed by atoms with Gasteiger partial charge in [0, 0.05) is 7.11 Å². The van der Waals surface area contributed by atoms with Crippen molar-refractivity contribution in [2.24, 2.45) is 0 Å². The Balaban J connectivity index is 3.04. The fourth-order valence-electron chi connectivity index (χ4n) is 0.481. The van der Waals surface area contributed by atoms with Gasteiger partial charge in [0.15, 0.2) is 6.73 Å². The summed E-state index contributed by atoms with van der Waals surface area (Å²) in [7, 11) is 7.95. The van der Waals surface area contributed by atoms with Crippen LogP contribution in [0.3, 0.4) is 0 Å². The van der Waals surface area contributed by atoms with Gasteiger partial charge in [-0.2, -0.15) is 0 Å². The topological polar surface area (TPSA) is 18.5 Å². The third-order valence-corrected chi connectivity index (χ3v) is 0.910. The summed E-state index contributed by atoms with van der Waals surface area (Å²) in [5.74, 6) is 0. The van der Waals surface area contributed by atoms with Crippen LogP contribution in [0, 0.1) is 0 Å². The summed E-state index contributed by atoms with van der Waals surface area (Å²) in [6, 6.07) is 0. The van der Waals surface area contributed by atoms with Gasteiger partial charge in [0.2, 0.25) is 0 Å². The largest absolute Gasteiger partial charge is 0.382 e. The highest BCUT2D eigenvalue weighted by molar-refractivity contribution is 4.21. The average Bonchev–Trinajstić information content (AvgIpc) is 1.78. The summed E-state index contributed by atoms with van der Waals surface area (Å²) in [5, 5.41) is 0. The van der Waals surface area contributed by atoms with E-state index in [2.05, 4.69) is 21.1 Å². The Morgan fingerprint density at radius 3 is 2.10 bits per heavy atom. The van der Waals surface area contributed by atoms with Gasteiger partial charge in [-0.05, 0) is 0 Å². The third-order valence-electron chi connectivity index (χ3n) is 0.910. The van der Waals surface area contributed by atoms with Crippen LogP contribution in [0.15, 0.2) is 0 Å². The lowest BCUT2D eigenvalue weighted by Crippen LogP contribution is -2.37. The van der Waals surface area contributed by atoms with Crippen LogP contribution in [0.1, 0.15) is 0 Å². The van der Waals surface area contributed by atoms with E-state index in [1.54, 1.807) is 7.11 Å². The predicted octanol–water partition coefficient (Wildman–Crippen LogP) is 0.313.